The van der Waals surface area contributed by atoms with Crippen LogP contribution in [0, 0.1) is 0 Å². The lowest BCUT2D eigenvalue weighted by Crippen LogP contribution is -2.43. The van der Waals surface area contributed by atoms with Crippen LogP contribution in [0.15, 0.2) is 0 Å². The zero-order chi connectivity index (χ0) is 15.1. The molecule has 0 aromatic heterocycles. The fourth-order valence-corrected chi connectivity index (χ4v) is 2.21. The molecule has 0 spiro atoms. The van der Waals surface area contributed by atoms with Crippen LogP contribution in [-0.2, 0) is 9.53 Å². The molecular formula is C16H34N2O2. The van der Waals surface area contributed by atoms with E-state index in [1.54, 1.807) is 7.11 Å². The average Bonchev–Trinajstić information content (AvgIpc) is 2.44. The van der Waals surface area contributed by atoms with Crippen LogP contribution in [0.4, 0.5) is 0 Å². The van der Waals surface area contributed by atoms with Gasteiger partial charge >= 0.3 is 0 Å². The van der Waals surface area contributed by atoms with Gasteiger partial charge in [0, 0.05) is 13.7 Å². The second kappa shape index (κ2) is 14.8. The quantitative estimate of drug-likeness (QED) is 0.482. The summed E-state index contributed by atoms with van der Waals surface area (Å²) < 4.78 is 4.85. The van der Waals surface area contributed by atoms with Crippen LogP contribution < -0.4 is 11.1 Å². The van der Waals surface area contributed by atoms with Crippen molar-refractivity contribution in [3.63, 3.8) is 0 Å². The Morgan fingerprint density at radius 3 is 2.00 bits per heavy atom. The number of unbranched alkanes of at least 4 members (excludes halogenated alkanes) is 9. The first-order chi connectivity index (χ1) is 9.72. The van der Waals surface area contributed by atoms with Gasteiger partial charge in [-0.3, -0.25) is 4.79 Å². The SMILES string of the molecule is CCCCCCCCCCCCNC(=O)[C@@H](N)COC. The number of methoxy groups -OCH3 is 1. The molecule has 0 heterocycles. The van der Waals surface area contributed by atoms with Crippen LogP contribution in [0.2, 0.25) is 0 Å². The highest BCUT2D eigenvalue weighted by atomic mass is 16.5. The van der Waals surface area contributed by atoms with Gasteiger partial charge in [0.05, 0.1) is 6.61 Å². The number of hydrogen-bond donors (Lipinski definition) is 2. The van der Waals surface area contributed by atoms with Crippen molar-refractivity contribution in [1.82, 2.24) is 5.32 Å². The third-order valence-electron chi connectivity index (χ3n) is 3.51. The molecule has 1 amide bonds. The fourth-order valence-electron chi connectivity index (χ4n) is 2.21. The zero-order valence-electron chi connectivity index (χ0n) is 13.5. The van der Waals surface area contributed by atoms with Gasteiger partial charge < -0.3 is 15.8 Å². The van der Waals surface area contributed by atoms with E-state index >= 15 is 0 Å². The Kier molecular flexibility index (Phi) is 14.3. The van der Waals surface area contributed by atoms with Crippen molar-refractivity contribution in [2.24, 2.45) is 5.73 Å². The van der Waals surface area contributed by atoms with Gasteiger partial charge in [-0.05, 0) is 6.42 Å². The van der Waals surface area contributed by atoms with E-state index in [2.05, 4.69) is 12.2 Å². The van der Waals surface area contributed by atoms with Gasteiger partial charge in [0.15, 0.2) is 0 Å². The van der Waals surface area contributed by atoms with Crippen LogP contribution >= 0.6 is 0 Å². The Balaban J connectivity index is 3.18. The van der Waals surface area contributed by atoms with Gasteiger partial charge in [-0.15, -0.1) is 0 Å². The molecule has 0 aromatic carbocycles. The molecule has 0 aromatic rings. The largest absolute Gasteiger partial charge is 0.383 e. The molecule has 0 radical (unpaired) electrons. The summed E-state index contributed by atoms with van der Waals surface area (Å²) in [7, 11) is 1.55. The summed E-state index contributed by atoms with van der Waals surface area (Å²) in [6.45, 7) is 3.26. The van der Waals surface area contributed by atoms with Crippen LogP contribution in [-0.4, -0.2) is 32.2 Å². The van der Waals surface area contributed by atoms with Crippen molar-refractivity contribution in [2.75, 3.05) is 20.3 Å². The van der Waals surface area contributed by atoms with E-state index in [-0.39, 0.29) is 12.5 Å². The summed E-state index contributed by atoms with van der Waals surface area (Å²) in [5.74, 6) is -0.109. The van der Waals surface area contributed by atoms with Gasteiger partial charge in [0.1, 0.15) is 6.04 Å². The molecule has 0 aliphatic heterocycles. The summed E-state index contributed by atoms with van der Waals surface area (Å²) in [6.07, 6.45) is 13.0. The minimum absolute atomic E-state index is 0.109. The Morgan fingerprint density at radius 1 is 1.00 bits per heavy atom. The van der Waals surface area contributed by atoms with Gasteiger partial charge in [0.2, 0.25) is 5.91 Å². The number of hydrogen-bond acceptors (Lipinski definition) is 3. The fraction of sp³-hybridized carbons (Fsp3) is 0.938. The van der Waals surface area contributed by atoms with Crippen molar-refractivity contribution >= 4 is 5.91 Å². The lowest BCUT2D eigenvalue weighted by Gasteiger charge is -2.10. The molecule has 120 valence electrons. The molecule has 0 rings (SSSR count). The molecule has 0 aliphatic rings. The third-order valence-corrected chi connectivity index (χ3v) is 3.51. The molecule has 0 aliphatic carbocycles. The number of carbonyl (C=O) groups excluding carboxylic acids is 1. The van der Waals surface area contributed by atoms with Crippen LogP contribution in [0.1, 0.15) is 71.1 Å². The molecule has 0 bridgehead atoms. The first-order valence-corrected chi connectivity index (χ1v) is 8.24. The minimum atomic E-state index is -0.539. The molecule has 0 unspecified atom stereocenters. The Morgan fingerprint density at radius 2 is 1.50 bits per heavy atom. The highest BCUT2D eigenvalue weighted by molar-refractivity contribution is 5.81. The molecule has 0 saturated heterocycles. The summed E-state index contributed by atoms with van der Waals surface area (Å²) >= 11 is 0. The molecule has 20 heavy (non-hydrogen) atoms. The van der Waals surface area contributed by atoms with E-state index in [0.717, 1.165) is 13.0 Å². The van der Waals surface area contributed by atoms with Crippen molar-refractivity contribution in [3.8, 4) is 0 Å². The third kappa shape index (κ3) is 12.4. The van der Waals surface area contributed by atoms with Crippen molar-refractivity contribution in [1.29, 1.82) is 0 Å². The maximum Gasteiger partial charge on any atom is 0.239 e. The lowest BCUT2D eigenvalue weighted by molar-refractivity contribution is -0.123. The van der Waals surface area contributed by atoms with E-state index in [4.69, 9.17) is 10.5 Å². The van der Waals surface area contributed by atoms with E-state index in [0.29, 0.717) is 0 Å². The second-order valence-corrected chi connectivity index (χ2v) is 5.53. The van der Waals surface area contributed by atoms with Crippen LogP contribution in [0.5, 0.6) is 0 Å². The van der Waals surface area contributed by atoms with E-state index in [1.807, 2.05) is 0 Å². The molecule has 0 saturated carbocycles. The maximum atomic E-state index is 11.5. The smallest absolute Gasteiger partial charge is 0.239 e. The Labute approximate surface area is 124 Å². The van der Waals surface area contributed by atoms with Gasteiger partial charge in [-0.25, -0.2) is 0 Å². The topological polar surface area (TPSA) is 64.4 Å². The van der Waals surface area contributed by atoms with Crippen LogP contribution in [0.3, 0.4) is 0 Å². The number of nitrogens with one attached hydrogen (secondary N) is 1. The lowest BCUT2D eigenvalue weighted by atomic mass is 10.1. The summed E-state index contributed by atoms with van der Waals surface area (Å²) in [4.78, 5) is 11.5. The average molecular weight is 286 g/mol. The Bertz CT molecular complexity index is 223. The zero-order valence-corrected chi connectivity index (χ0v) is 13.5. The molecule has 1 atom stereocenters. The first kappa shape index (κ1) is 19.4. The standard InChI is InChI=1S/C16H34N2O2/c1-3-4-5-6-7-8-9-10-11-12-13-18-16(19)15(17)14-20-2/h15H,3-14,17H2,1-2H3,(H,18,19)/t15-/m0/s1. The van der Waals surface area contributed by atoms with E-state index in [9.17, 15) is 4.79 Å². The number of amides is 1. The predicted octanol–water partition coefficient (Wildman–Crippen LogP) is 3.00. The van der Waals surface area contributed by atoms with Gasteiger partial charge in [-0.2, -0.15) is 0 Å². The van der Waals surface area contributed by atoms with Crippen molar-refractivity contribution < 1.29 is 9.53 Å². The van der Waals surface area contributed by atoms with E-state index in [1.165, 1.54) is 57.8 Å². The van der Waals surface area contributed by atoms with Crippen LogP contribution in [0.25, 0.3) is 0 Å². The van der Waals surface area contributed by atoms with Gasteiger partial charge in [-0.1, -0.05) is 64.7 Å². The molecule has 3 N–H and O–H groups in total. The second-order valence-electron chi connectivity index (χ2n) is 5.53. The molecule has 4 heteroatoms. The number of ether oxygens (including phenoxy) is 1. The highest BCUT2D eigenvalue weighted by Crippen LogP contribution is 2.10. The molecule has 0 fully saturated rings. The first-order valence-electron chi connectivity index (χ1n) is 8.24. The number of nitrogens with two attached hydrogens (primary N) is 1. The molecule has 4 nitrogen and oxygen atoms in total. The summed E-state index contributed by atoms with van der Waals surface area (Å²) in [5.41, 5.74) is 5.62. The number of rotatable bonds is 14. The molecular weight excluding hydrogens is 252 g/mol. The normalized spacial score (nSPS) is 12.3. The van der Waals surface area contributed by atoms with Crippen molar-refractivity contribution in [3.05, 3.63) is 0 Å². The minimum Gasteiger partial charge on any atom is -0.383 e. The van der Waals surface area contributed by atoms with Crippen molar-refractivity contribution in [2.45, 2.75) is 77.2 Å². The summed E-state index contributed by atoms with van der Waals surface area (Å²) in [5, 5.41) is 2.85. The van der Waals surface area contributed by atoms with Gasteiger partial charge in [0.25, 0.3) is 0 Å². The predicted molar refractivity (Wildman–Crippen MR) is 84.7 cm³/mol. The highest BCUT2D eigenvalue weighted by Gasteiger charge is 2.11. The number of carbonyl (C=O) groups is 1. The monoisotopic (exact) mass is 286 g/mol. The summed E-state index contributed by atoms with van der Waals surface area (Å²) in [6, 6.07) is -0.539. The van der Waals surface area contributed by atoms with E-state index < -0.39 is 6.04 Å². The maximum absolute atomic E-state index is 11.5. The Hall–Kier alpha value is -0.610.